The van der Waals surface area contributed by atoms with Crippen LogP contribution in [0.4, 0.5) is 5.69 Å². The van der Waals surface area contributed by atoms with Crippen LogP contribution in [0.25, 0.3) is 0 Å². The molecular formula is C9H12N2. The molecular weight excluding hydrogens is 136 g/mol. The summed E-state index contributed by atoms with van der Waals surface area (Å²) in [5, 5.41) is 3.23. The molecule has 0 bridgehead atoms. The van der Waals surface area contributed by atoms with Crippen LogP contribution in [0.5, 0.6) is 0 Å². The molecule has 2 heteroatoms. The van der Waals surface area contributed by atoms with E-state index in [2.05, 4.69) is 16.9 Å². The van der Waals surface area contributed by atoms with Crippen LogP contribution in [-0.4, -0.2) is 11.5 Å². The smallest absolute Gasteiger partial charge is 0.0371 e. The molecule has 58 valence electrons. The summed E-state index contributed by atoms with van der Waals surface area (Å²) in [6.45, 7) is 4.58. The van der Waals surface area contributed by atoms with Crippen LogP contribution < -0.4 is 5.32 Å². The Kier molecular flexibility index (Phi) is 3.19. The highest BCUT2D eigenvalue weighted by Crippen LogP contribution is 2.02. The molecule has 11 heavy (non-hydrogen) atoms. The van der Waals surface area contributed by atoms with Gasteiger partial charge >= 0.3 is 0 Å². The van der Waals surface area contributed by atoms with Crippen LogP contribution in [0, 0.1) is 0 Å². The molecule has 0 aliphatic rings. The molecule has 0 aliphatic heterocycles. The number of rotatable bonds is 4. The lowest BCUT2D eigenvalue weighted by atomic mass is 10.3. The second-order valence-electron chi connectivity index (χ2n) is 2.24. The van der Waals surface area contributed by atoms with Crippen molar-refractivity contribution in [3.63, 3.8) is 0 Å². The molecule has 1 heterocycles. The molecule has 1 aromatic heterocycles. The monoisotopic (exact) mass is 148 g/mol. The molecule has 0 fully saturated rings. The van der Waals surface area contributed by atoms with Gasteiger partial charge in [0.1, 0.15) is 0 Å². The van der Waals surface area contributed by atoms with Gasteiger partial charge in [-0.1, -0.05) is 6.08 Å². The lowest BCUT2D eigenvalue weighted by Crippen LogP contribution is -1.99. The lowest BCUT2D eigenvalue weighted by Gasteiger charge is -2.01. The maximum absolute atomic E-state index is 3.91. The Labute approximate surface area is 67.0 Å². The third-order valence-electron chi connectivity index (χ3n) is 1.36. The highest BCUT2D eigenvalue weighted by molar-refractivity contribution is 5.40. The number of anilines is 1. The second-order valence-corrected chi connectivity index (χ2v) is 2.24. The molecule has 1 N–H and O–H groups in total. The van der Waals surface area contributed by atoms with E-state index in [1.165, 1.54) is 0 Å². The SMILES string of the molecule is C=CCCNc1ccncc1. The van der Waals surface area contributed by atoms with Gasteiger partial charge in [0.25, 0.3) is 0 Å². The van der Waals surface area contributed by atoms with E-state index >= 15 is 0 Å². The Morgan fingerprint density at radius 3 is 2.82 bits per heavy atom. The van der Waals surface area contributed by atoms with Crippen molar-refractivity contribution in [2.75, 3.05) is 11.9 Å². The first kappa shape index (κ1) is 7.79. The third kappa shape index (κ3) is 2.85. The number of pyridine rings is 1. The van der Waals surface area contributed by atoms with Crippen LogP contribution in [-0.2, 0) is 0 Å². The van der Waals surface area contributed by atoms with E-state index in [9.17, 15) is 0 Å². The van der Waals surface area contributed by atoms with Crippen molar-refractivity contribution in [3.05, 3.63) is 37.2 Å². The first-order chi connectivity index (χ1) is 5.43. The van der Waals surface area contributed by atoms with Crippen molar-refractivity contribution in [3.8, 4) is 0 Å². The van der Waals surface area contributed by atoms with Crippen LogP contribution in [0.1, 0.15) is 6.42 Å². The van der Waals surface area contributed by atoms with E-state index in [0.717, 1.165) is 18.7 Å². The molecule has 1 aromatic rings. The first-order valence-electron chi connectivity index (χ1n) is 3.68. The maximum Gasteiger partial charge on any atom is 0.0371 e. The van der Waals surface area contributed by atoms with Gasteiger partial charge in [0.05, 0.1) is 0 Å². The van der Waals surface area contributed by atoms with Gasteiger partial charge in [-0.15, -0.1) is 6.58 Å². The lowest BCUT2D eigenvalue weighted by molar-refractivity contribution is 1.07. The van der Waals surface area contributed by atoms with Crippen molar-refractivity contribution in [2.24, 2.45) is 0 Å². The van der Waals surface area contributed by atoms with Gasteiger partial charge in [-0.2, -0.15) is 0 Å². The van der Waals surface area contributed by atoms with Crippen LogP contribution in [0.3, 0.4) is 0 Å². The number of hydrogen-bond donors (Lipinski definition) is 1. The summed E-state index contributed by atoms with van der Waals surface area (Å²) in [6.07, 6.45) is 6.43. The molecule has 0 saturated heterocycles. The third-order valence-corrected chi connectivity index (χ3v) is 1.36. The fourth-order valence-corrected chi connectivity index (χ4v) is 0.788. The minimum absolute atomic E-state index is 0.938. The van der Waals surface area contributed by atoms with Crippen LogP contribution >= 0.6 is 0 Å². The molecule has 0 radical (unpaired) electrons. The summed E-state index contributed by atoms with van der Waals surface area (Å²) in [7, 11) is 0. The topological polar surface area (TPSA) is 24.9 Å². The highest BCUT2D eigenvalue weighted by atomic mass is 14.9. The molecule has 2 nitrogen and oxygen atoms in total. The zero-order valence-corrected chi connectivity index (χ0v) is 6.46. The molecule has 0 aromatic carbocycles. The van der Waals surface area contributed by atoms with E-state index in [-0.39, 0.29) is 0 Å². The van der Waals surface area contributed by atoms with E-state index in [1.54, 1.807) is 12.4 Å². The minimum atomic E-state index is 0.938. The Hall–Kier alpha value is -1.31. The summed E-state index contributed by atoms with van der Waals surface area (Å²) < 4.78 is 0. The summed E-state index contributed by atoms with van der Waals surface area (Å²) >= 11 is 0. The number of hydrogen-bond acceptors (Lipinski definition) is 2. The first-order valence-corrected chi connectivity index (χ1v) is 3.68. The van der Waals surface area contributed by atoms with Crippen molar-refractivity contribution in [2.45, 2.75) is 6.42 Å². The average Bonchev–Trinajstić information content (AvgIpc) is 2.07. The molecule has 0 saturated carbocycles. The summed E-state index contributed by atoms with van der Waals surface area (Å²) in [6, 6.07) is 3.90. The number of nitrogens with zero attached hydrogens (tertiary/aromatic N) is 1. The van der Waals surface area contributed by atoms with Crippen LogP contribution in [0.2, 0.25) is 0 Å². The number of nitrogens with one attached hydrogen (secondary N) is 1. The summed E-state index contributed by atoms with van der Waals surface area (Å²) in [5.74, 6) is 0. The molecule has 0 aliphatic carbocycles. The van der Waals surface area contributed by atoms with E-state index < -0.39 is 0 Å². The van der Waals surface area contributed by atoms with E-state index in [1.807, 2.05) is 18.2 Å². The number of aromatic nitrogens is 1. The average molecular weight is 148 g/mol. The van der Waals surface area contributed by atoms with Crippen molar-refractivity contribution < 1.29 is 0 Å². The van der Waals surface area contributed by atoms with Gasteiger partial charge in [-0.3, -0.25) is 4.98 Å². The zero-order valence-electron chi connectivity index (χ0n) is 6.46. The molecule has 1 rings (SSSR count). The van der Waals surface area contributed by atoms with Gasteiger partial charge in [-0.05, 0) is 18.6 Å². The summed E-state index contributed by atoms with van der Waals surface area (Å²) in [5.41, 5.74) is 1.11. The van der Waals surface area contributed by atoms with E-state index in [4.69, 9.17) is 0 Å². The Morgan fingerprint density at radius 1 is 1.45 bits per heavy atom. The minimum Gasteiger partial charge on any atom is -0.385 e. The van der Waals surface area contributed by atoms with Gasteiger partial charge in [-0.25, -0.2) is 0 Å². The van der Waals surface area contributed by atoms with Gasteiger partial charge < -0.3 is 5.32 Å². The van der Waals surface area contributed by atoms with Crippen molar-refractivity contribution in [1.82, 2.24) is 4.98 Å². The largest absolute Gasteiger partial charge is 0.385 e. The fraction of sp³-hybridized carbons (Fsp3) is 0.222. The van der Waals surface area contributed by atoms with Crippen molar-refractivity contribution in [1.29, 1.82) is 0 Å². The zero-order chi connectivity index (χ0) is 7.94. The van der Waals surface area contributed by atoms with Crippen molar-refractivity contribution >= 4 is 5.69 Å². The Morgan fingerprint density at radius 2 is 2.18 bits per heavy atom. The maximum atomic E-state index is 3.91. The fourth-order valence-electron chi connectivity index (χ4n) is 0.788. The Bertz CT molecular complexity index is 206. The Balaban J connectivity index is 2.33. The standard InChI is InChI=1S/C9H12N2/c1-2-3-6-11-9-4-7-10-8-5-9/h2,4-5,7-8H,1,3,6H2,(H,10,11). The molecule has 0 unspecified atom stereocenters. The van der Waals surface area contributed by atoms with Crippen LogP contribution in [0.15, 0.2) is 37.2 Å². The quantitative estimate of drug-likeness (QED) is 0.522. The predicted octanol–water partition coefficient (Wildman–Crippen LogP) is 2.07. The molecule has 0 atom stereocenters. The van der Waals surface area contributed by atoms with Gasteiger partial charge in [0.2, 0.25) is 0 Å². The molecule has 0 spiro atoms. The van der Waals surface area contributed by atoms with E-state index in [0.29, 0.717) is 0 Å². The molecule has 0 amide bonds. The highest BCUT2D eigenvalue weighted by Gasteiger charge is 1.85. The second kappa shape index (κ2) is 4.50. The predicted molar refractivity (Wildman–Crippen MR) is 47.5 cm³/mol. The van der Waals surface area contributed by atoms with Gasteiger partial charge in [0, 0.05) is 24.6 Å². The summed E-state index contributed by atoms with van der Waals surface area (Å²) in [4.78, 5) is 3.91. The van der Waals surface area contributed by atoms with Gasteiger partial charge in [0.15, 0.2) is 0 Å². The normalized spacial score (nSPS) is 9.09.